The predicted molar refractivity (Wildman–Crippen MR) is 61.0 cm³/mol. The van der Waals surface area contributed by atoms with E-state index in [-0.39, 0.29) is 31.3 Å². The van der Waals surface area contributed by atoms with Crippen LogP contribution >= 0.6 is 0 Å². The molecule has 0 spiro atoms. The maximum absolute atomic E-state index is 12.6. The molecule has 1 aromatic rings. The van der Waals surface area contributed by atoms with Crippen LogP contribution in [0.2, 0.25) is 0 Å². The maximum Gasteiger partial charge on any atom is 0.224 e. The molecule has 0 aliphatic heterocycles. The monoisotopic (exact) mass is 241 g/mol. The second kappa shape index (κ2) is 6.98. The van der Waals surface area contributed by atoms with E-state index >= 15 is 0 Å². The van der Waals surface area contributed by atoms with Gasteiger partial charge in [0.05, 0.1) is 19.1 Å². The minimum absolute atomic E-state index is 0.147. The number of hydrogen-bond donors (Lipinski definition) is 2. The quantitative estimate of drug-likeness (QED) is 0.762. The second-order valence-electron chi connectivity index (χ2n) is 3.72. The number of aliphatic hydroxyl groups is 1. The molecule has 0 bridgehead atoms. The van der Waals surface area contributed by atoms with Gasteiger partial charge in [-0.25, -0.2) is 4.39 Å². The molecule has 1 atom stereocenters. The fourth-order valence-electron chi connectivity index (χ4n) is 1.33. The lowest BCUT2D eigenvalue weighted by Crippen LogP contribution is -2.35. The number of ether oxygens (including phenoxy) is 1. The van der Waals surface area contributed by atoms with Crippen LogP contribution in [0.4, 0.5) is 4.39 Å². The molecule has 0 radical (unpaired) electrons. The molecule has 0 aliphatic carbocycles. The van der Waals surface area contributed by atoms with Crippen molar-refractivity contribution in [2.24, 2.45) is 0 Å². The van der Waals surface area contributed by atoms with E-state index < -0.39 is 6.10 Å². The van der Waals surface area contributed by atoms with Crippen molar-refractivity contribution in [2.75, 3.05) is 20.3 Å². The molecule has 1 amide bonds. The molecule has 0 fully saturated rings. The van der Waals surface area contributed by atoms with Crippen LogP contribution in [-0.4, -0.2) is 37.4 Å². The summed E-state index contributed by atoms with van der Waals surface area (Å²) in [5.41, 5.74) is 0.727. The van der Waals surface area contributed by atoms with E-state index in [9.17, 15) is 14.3 Å². The smallest absolute Gasteiger partial charge is 0.224 e. The van der Waals surface area contributed by atoms with Crippen molar-refractivity contribution in [2.45, 2.75) is 12.5 Å². The van der Waals surface area contributed by atoms with Crippen molar-refractivity contribution in [3.8, 4) is 0 Å². The summed E-state index contributed by atoms with van der Waals surface area (Å²) >= 11 is 0. The van der Waals surface area contributed by atoms with Gasteiger partial charge in [0.15, 0.2) is 0 Å². The number of amides is 1. The van der Waals surface area contributed by atoms with Crippen LogP contribution < -0.4 is 5.32 Å². The summed E-state index contributed by atoms with van der Waals surface area (Å²) in [5, 5.41) is 11.9. The molecule has 4 nitrogen and oxygen atoms in total. The van der Waals surface area contributed by atoms with Gasteiger partial charge in [-0.15, -0.1) is 0 Å². The number of hydrogen-bond acceptors (Lipinski definition) is 3. The number of carbonyl (C=O) groups is 1. The number of benzene rings is 1. The second-order valence-corrected chi connectivity index (χ2v) is 3.72. The van der Waals surface area contributed by atoms with Gasteiger partial charge in [0.2, 0.25) is 5.91 Å². The zero-order valence-electron chi connectivity index (χ0n) is 9.65. The fraction of sp³-hybridized carbons (Fsp3) is 0.417. The topological polar surface area (TPSA) is 58.6 Å². The van der Waals surface area contributed by atoms with Crippen LogP contribution in [0.5, 0.6) is 0 Å². The van der Waals surface area contributed by atoms with E-state index in [4.69, 9.17) is 4.74 Å². The number of rotatable bonds is 6. The molecule has 0 saturated carbocycles. The minimum atomic E-state index is -0.711. The third-order valence-electron chi connectivity index (χ3n) is 2.17. The van der Waals surface area contributed by atoms with E-state index in [0.29, 0.717) is 0 Å². The Hall–Kier alpha value is -1.46. The summed E-state index contributed by atoms with van der Waals surface area (Å²) in [7, 11) is 1.48. The van der Waals surface area contributed by atoms with E-state index in [1.807, 2.05) is 0 Å². The molecular weight excluding hydrogens is 225 g/mol. The summed E-state index contributed by atoms with van der Waals surface area (Å²) in [5.74, 6) is -0.545. The highest BCUT2D eigenvalue weighted by Crippen LogP contribution is 2.03. The van der Waals surface area contributed by atoms with Crippen molar-refractivity contribution in [3.05, 3.63) is 35.6 Å². The zero-order valence-corrected chi connectivity index (χ0v) is 9.65. The summed E-state index contributed by atoms with van der Waals surface area (Å²) in [4.78, 5) is 11.4. The number of halogens is 1. The number of methoxy groups -OCH3 is 1. The fourth-order valence-corrected chi connectivity index (χ4v) is 1.33. The Morgan fingerprint density at radius 1 is 1.47 bits per heavy atom. The lowest BCUT2D eigenvalue weighted by atomic mass is 10.1. The molecule has 0 aromatic heterocycles. The lowest BCUT2D eigenvalue weighted by Gasteiger charge is -2.10. The van der Waals surface area contributed by atoms with Crippen molar-refractivity contribution in [1.29, 1.82) is 0 Å². The molecule has 17 heavy (non-hydrogen) atoms. The maximum atomic E-state index is 12.6. The van der Waals surface area contributed by atoms with Gasteiger partial charge in [-0.2, -0.15) is 0 Å². The van der Waals surface area contributed by atoms with Crippen LogP contribution in [0, 0.1) is 5.82 Å². The molecule has 1 aromatic carbocycles. The average molecular weight is 241 g/mol. The third kappa shape index (κ3) is 5.42. The predicted octanol–water partition coefficient (Wildman–Crippen LogP) is 0.492. The minimum Gasteiger partial charge on any atom is -0.389 e. The van der Waals surface area contributed by atoms with Crippen molar-refractivity contribution >= 4 is 5.91 Å². The van der Waals surface area contributed by atoms with Crippen molar-refractivity contribution < 1.29 is 19.0 Å². The summed E-state index contributed by atoms with van der Waals surface area (Å²) < 4.78 is 17.3. The molecule has 94 valence electrons. The summed E-state index contributed by atoms with van der Waals surface area (Å²) in [6.45, 7) is 0.324. The number of carbonyl (C=O) groups excluding carboxylic acids is 1. The van der Waals surface area contributed by atoms with Gasteiger partial charge < -0.3 is 15.2 Å². The molecule has 1 unspecified atom stereocenters. The first kappa shape index (κ1) is 13.6. The van der Waals surface area contributed by atoms with E-state index in [0.717, 1.165) is 5.56 Å². The first-order valence-corrected chi connectivity index (χ1v) is 5.30. The molecule has 5 heteroatoms. The van der Waals surface area contributed by atoms with Crippen LogP contribution in [-0.2, 0) is 16.0 Å². The molecule has 0 heterocycles. The van der Waals surface area contributed by atoms with E-state index in [1.54, 1.807) is 12.1 Å². The standard InChI is InChI=1S/C12H16FNO3/c1-17-8-11(15)7-14-12(16)6-9-2-4-10(13)5-3-9/h2-5,11,15H,6-8H2,1H3,(H,14,16). The first-order chi connectivity index (χ1) is 8.11. The number of nitrogens with one attached hydrogen (secondary N) is 1. The summed E-state index contributed by atoms with van der Waals surface area (Å²) in [6.07, 6.45) is -0.544. The highest BCUT2D eigenvalue weighted by atomic mass is 19.1. The number of aliphatic hydroxyl groups excluding tert-OH is 1. The van der Waals surface area contributed by atoms with E-state index in [1.165, 1.54) is 19.2 Å². The Balaban J connectivity index is 2.32. The highest BCUT2D eigenvalue weighted by Gasteiger charge is 2.07. The highest BCUT2D eigenvalue weighted by molar-refractivity contribution is 5.78. The Labute approximate surface area is 99.4 Å². The van der Waals surface area contributed by atoms with Gasteiger partial charge in [-0.05, 0) is 17.7 Å². The molecule has 0 aliphatic rings. The Morgan fingerprint density at radius 3 is 2.71 bits per heavy atom. The van der Waals surface area contributed by atoms with Gasteiger partial charge >= 0.3 is 0 Å². The van der Waals surface area contributed by atoms with Crippen LogP contribution in [0.25, 0.3) is 0 Å². The van der Waals surface area contributed by atoms with Crippen LogP contribution in [0.15, 0.2) is 24.3 Å². The lowest BCUT2D eigenvalue weighted by molar-refractivity contribution is -0.121. The largest absolute Gasteiger partial charge is 0.389 e. The Kier molecular flexibility index (Phi) is 5.59. The van der Waals surface area contributed by atoms with Gasteiger partial charge in [-0.3, -0.25) is 4.79 Å². The van der Waals surface area contributed by atoms with Gasteiger partial charge in [-0.1, -0.05) is 12.1 Å². The molecular formula is C12H16FNO3. The first-order valence-electron chi connectivity index (χ1n) is 5.30. The van der Waals surface area contributed by atoms with Crippen LogP contribution in [0.3, 0.4) is 0 Å². The van der Waals surface area contributed by atoms with E-state index in [2.05, 4.69) is 5.32 Å². The van der Waals surface area contributed by atoms with Crippen LogP contribution in [0.1, 0.15) is 5.56 Å². The molecule has 0 saturated heterocycles. The molecule has 1 rings (SSSR count). The Morgan fingerprint density at radius 2 is 2.12 bits per heavy atom. The normalized spacial score (nSPS) is 12.2. The van der Waals surface area contributed by atoms with Gasteiger partial charge in [0.1, 0.15) is 5.82 Å². The zero-order chi connectivity index (χ0) is 12.7. The average Bonchev–Trinajstić information content (AvgIpc) is 2.30. The Bertz CT molecular complexity index is 353. The van der Waals surface area contributed by atoms with Gasteiger partial charge in [0.25, 0.3) is 0 Å². The van der Waals surface area contributed by atoms with Crippen molar-refractivity contribution in [3.63, 3.8) is 0 Å². The third-order valence-corrected chi connectivity index (χ3v) is 2.17. The summed E-state index contributed by atoms with van der Waals surface area (Å²) in [6, 6.07) is 5.73. The molecule has 2 N–H and O–H groups in total. The van der Waals surface area contributed by atoms with Gasteiger partial charge in [0, 0.05) is 13.7 Å². The SMILES string of the molecule is COCC(O)CNC(=O)Cc1ccc(F)cc1. The van der Waals surface area contributed by atoms with Crippen molar-refractivity contribution in [1.82, 2.24) is 5.32 Å².